The van der Waals surface area contributed by atoms with Crippen LogP contribution in [0, 0.1) is 0 Å². The summed E-state index contributed by atoms with van der Waals surface area (Å²) in [5.74, 6) is 1.11. The van der Waals surface area contributed by atoms with Crippen molar-refractivity contribution in [1.82, 2.24) is 10.6 Å². The lowest BCUT2D eigenvalue weighted by atomic mass is 9.91. The van der Waals surface area contributed by atoms with Crippen LogP contribution >= 0.6 is 0 Å². The fraction of sp³-hybridized carbons (Fsp3) is 0.381. The van der Waals surface area contributed by atoms with Crippen LogP contribution in [0.4, 0.5) is 0 Å². The van der Waals surface area contributed by atoms with Gasteiger partial charge in [-0.2, -0.15) is 0 Å². The van der Waals surface area contributed by atoms with E-state index in [9.17, 15) is 0 Å². The first-order valence-electron chi connectivity index (χ1n) is 8.97. The van der Waals surface area contributed by atoms with Gasteiger partial charge in [-0.25, -0.2) is 0 Å². The van der Waals surface area contributed by atoms with Crippen molar-refractivity contribution in [3.8, 4) is 0 Å². The molecular weight excluding hydrogens is 310 g/mol. The van der Waals surface area contributed by atoms with Gasteiger partial charge in [0.15, 0.2) is 5.96 Å². The maximum Gasteiger partial charge on any atom is 0.191 e. The van der Waals surface area contributed by atoms with Crippen molar-refractivity contribution in [3.63, 3.8) is 0 Å². The monoisotopic (exact) mass is 339 g/mol. The van der Waals surface area contributed by atoms with Crippen molar-refractivity contribution in [2.45, 2.75) is 19.3 Å². The van der Waals surface area contributed by atoms with E-state index in [2.05, 4.69) is 76.3 Å². The molecule has 0 saturated heterocycles. The summed E-state index contributed by atoms with van der Waals surface area (Å²) in [6.45, 7) is 5.20. The van der Waals surface area contributed by atoms with E-state index in [0.717, 1.165) is 38.7 Å². The van der Waals surface area contributed by atoms with Crippen molar-refractivity contribution in [1.29, 1.82) is 0 Å². The molecule has 0 saturated carbocycles. The van der Waals surface area contributed by atoms with Gasteiger partial charge < -0.3 is 15.4 Å². The van der Waals surface area contributed by atoms with Gasteiger partial charge in [-0.3, -0.25) is 4.99 Å². The first-order chi connectivity index (χ1) is 12.3. The second-order valence-electron chi connectivity index (χ2n) is 5.80. The number of ether oxygens (including phenoxy) is 1. The fourth-order valence-electron chi connectivity index (χ4n) is 2.74. The normalized spacial score (nSPS) is 11.6. The van der Waals surface area contributed by atoms with Crippen LogP contribution in [0.2, 0.25) is 0 Å². The van der Waals surface area contributed by atoms with Crippen LogP contribution in [-0.4, -0.2) is 39.3 Å². The molecule has 0 amide bonds. The zero-order chi connectivity index (χ0) is 17.7. The van der Waals surface area contributed by atoms with Crippen LogP contribution in [0.3, 0.4) is 0 Å². The fourth-order valence-corrected chi connectivity index (χ4v) is 2.74. The molecule has 2 rings (SSSR count). The van der Waals surface area contributed by atoms with Crippen molar-refractivity contribution in [2.24, 2.45) is 4.99 Å². The summed E-state index contributed by atoms with van der Waals surface area (Å²) in [5.41, 5.74) is 2.60. The van der Waals surface area contributed by atoms with E-state index in [4.69, 9.17) is 4.74 Å². The molecule has 0 radical (unpaired) electrons. The van der Waals surface area contributed by atoms with Gasteiger partial charge in [0.2, 0.25) is 0 Å². The third-order valence-electron chi connectivity index (χ3n) is 4.06. The van der Waals surface area contributed by atoms with Crippen LogP contribution in [0.1, 0.15) is 30.4 Å². The Hall–Kier alpha value is -2.33. The van der Waals surface area contributed by atoms with Gasteiger partial charge in [0.25, 0.3) is 0 Å². The average molecular weight is 339 g/mol. The highest BCUT2D eigenvalue weighted by Gasteiger charge is 2.14. The highest BCUT2D eigenvalue weighted by Crippen LogP contribution is 2.23. The van der Waals surface area contributed by atoms with Crippen molar-refractivity contribution < 1.29 is 4.74 Å². The smallest absolute Gasteiger partial charge is 0.191 e. The molecule has 2 aromatic carbocycles. The lowest BCUT2D eigenvalue weighted by molar-refractivity contribution is 0.145. The quantitative estimate of drug-likeness (QED) is 0.418. The molecule has 0 heterocycles. The van der Waals surface area contributed by atoms with Gasteiger partial charge >= 0.3 is 0 Å². The molecule has 0 aliphatic carbocycles. The Balaban J connectivity index is 1.95. The number of hydrogen-bond acceptors (Lipinski definition) is 2. The molecule has 0 atom stereocenters. The molecule has 0 bridgehead atoms. The largest absolute Gasteiger partial charge is 0.382 e. The molecule has 0 unspecified atom stereocenters. The van der Waals surface area contributed by atoms with Gasteiger partial charge in [-0.15, -0.1) is 0 Å². The zero-order valence-electron chi connectivity index (χ0n) is 15.2. The third-order valence-corrected chi connectivity index (χ3v) is 4.06. The molecule has 25 heavy (non-hydrogen) atoms. The Morgan fingerprint density at radius 3 is 2.08 bits per heavy atom. The lowest BCUT2D eigenvalue weighted by Gasteiger charge is -2.20. The number of guanidine groups is 1. The van der Waals surface area contributed by atoms with E-state index >= 15 is 0 Å². The van der Waals surface area contributed by atoms with E-state index in [1.54, 1.807) is 7.05 Å². The Labute approximate surface area is 151 Å². The number of rotatable bonds is 9. The van der Waals surface area contributed by atoms with Crippen molar-refractivity contribution in [2.75, 3.05) is 33.4 Å². The molecule has 0 spiro atoms. The standard InChI is InChI=1S/C21H29N3O/c1-3-25-16-10-15-23-21(22-2)24-17-20(18-11-6-4-7-12-18)19-13-8-5-9-14-19/h4-9,11-14,20H,3,10,15-17H2,1-2H3,(H2,22,23,24). The summed E-state index contributed by atoms with van der Waals surface area (Å²) < 4.78 is 5.36. The summed E-state index contributed by atoms with van der Waals surface area (Å²) in [6, 6.07) is 21.2. The van der Waals surface area contributed by atoms with E-state index in [1.165, 1.54) is 11.1 Å². The van der Waals surface area contributed by atoms with Crippen LogP contribution in [0.25, 0.3) is 0 Å². The predicted octanol–water partition coefficient (Wildman–Crippen LogP) is 3.41. The minimum Gasteiger partial charge on any atom is -0.382 e. The molecule has 0 fully saturated rings. The predicted molar refractivity (Wildman–Crippen MR) is 105 cm³/mol. The summed E-state index contributed by atoms with van der Waals surface area (Å²) in [7, 11) is 1.80. The highest BCUT2D eigenvalue weighted by atomic mass is 16.5. The molecule has 0 aliphatic rings. The number of nitrogens with one attached hydrogen (secondary N) is 2. The minimum atomic E-state index is 0.282. The summed E-state index contributed by atoms with van der Waals surface area (Å²) >= 11 is 0. The minimum absolute atomic E-state index is 0.282. The number of aliphatic imine (C=N–C) groups is 1. The molecule has 4 nitrogen and oxygen atoms in total. The lowest BCUT2D eigenvalue weighted by Crippen LogP contribution is -2.40. The van der Waals surface area contributed by atoms with Gasteiger partial charge in [-0.1, -0.05) is 60.7 Å². The van der Waals surface area contributed by atoms with Crippen LogP contribution in [0.15, 0.2) is 65.7 Å². The number of benzene rings is 2. The molecule has 2 N–H and O–H groups in total. The Bertz CT molecular complexity index is 574. The van der Waals surface area contributed by atoms with Crippen LogP contribution in [0.5, 0.6) is 0 Å². The molecular formula is C21H29N3O. The molecule has 134 valence electrons. The highest BCUT2D eigenvalue weighted by molar-refractivity contribution is 5.79. The number of nitrogens with zero attached hydrogens (tertiary/aromatic N) is 1. The van der Waals surface area contributed by atoms with Crippen molar-refractivity contribution in [3.05, 3.63) is 71.8 Å². The summed E-state index contributed by atoms with van der Waals surface area (Å²) in [5, 5.41) is 6.80. The Morgan fingerprint density at radius 1 is 0.960 bits per heavy atom. The Kier molecular flexibility index (Phi) is 8.56. The van der Waals surface area contributed by atoms with E-state index < -0.39 is 0 Å². The van der Waals surface area contributed by atoms with Crippen LogP contribution < -0.4 is 10.6 Å². The topological polar surface area (TPSA) is 45.6 Å². The molecule has 0 aliphatic heterocycles. The van der Waals surface area contributed by atoms with Gasteiger partial charge in [-0.05, 0) is 24.5 Å². The van der Waals surface area contributed by atoms with E-state index in [-0.39, 0.29) is 5.92 Å². The first-order valence-corrected chi connectivity index (χ1v) is 8.97. The molecule has 2 aromatic rings. The Morgan fingerprint density at radius 2 is 1.56 bits per heavy atom. The third kappa shape index (κ3) is 6.59. The second-order valence-corrected chi connectivity index (χ2v) is 5.80. The first kappa shape index (κ1) is 19.0. The summed E-state index contributed by atoms with van der Waals surface area (Å²) in [6.07, 6.45) is 0.968. The summed E-state index contributed by atoms with van der Waals surface area (Å²) in [4.78, 5) is 4.32. The SMILES string of the molecule is CCOCCCNC(=NC)NCC(c1ccccc1)c1ccccc1. The van der Waals surface area contributed by atoms with Gasteiger partial charge in [0.05, 0.1) is 0 Å². The van der Waals surface area contributed by atoms with E-state index in [0.29, 0.717) is 0 Å². The number of hydrogen-bond donors (Lipinski definition) is 2. The maximum absolute atomic E-state index is 5.36. The molecule has 0 aromatic heterocycles. The zero-order valence-corrected chi connectivity index (χ0v) is 15.2. The second kappa shape index (κ2) is 11.3. The van der Waals surface area contributed by atoms with Gasteiger partial charge in [0.1, 0.15) is 0 Å². The molecule has 4 heteroatoms. The maximum atomic E-state index is 5.36. The van der Waals surface area contributed by atoms with E-state index in [1.807, 2.05) is 6.92 Å². The average Bonchev–Trinajstić information content (AvgIpc) is 2.68. The van der Waals surface area contributed by atoms with Gasteiger partial charge in [0, 0.05) is 39.3 Å². The van der Waals surface area contributed by atoms with Crippen molar-refractivity contribution >= 4 is 5.96 Å². The van der Waals surface area contributed by atoms with Crippen LogP contribution in [-0.2, 0) is 4.74 Å².